The molecule has 4 nitrogen and oxygen atoms in total. The maximum absolute atomic E-state index is 12.7. The Morgan fingerprint density at radius 1 is 1.43 bits per heavy atom. The highest BCUT2D eigenvalue weighted by atomic mass is 16.5. The number of hydrogen-bond donors (Lipinski definition) is 1. The van der Waals surface area contributed by atoms with Gasteiger partial charge in [0.1, 0.15) is 5.75 Å². The zero-order valence-electron chi connectivity index (χ0n) is 12.7. The number of para-hydroxylation sites is 1. The lowest BCUT2D eigenvalue weighted by Gasteiger charge is -2.28. The van der Waals surface area contributed by atoms with Crippen molar-refractivity contribution in [3.05, 3.63) is 30.3 Å². The molecule has 1 heterocycles. The van der Waals surface area contributed by atoms with Crippen LogP contribution in [0.5, 0.6) is 5.75 Å². The van der Waals surface area contributed by atoms with E-state index in [1.807, 2.05) is 42.2 Å². The molecule has 2 atom stereocenters. The maximum atomic E-state index is 12.7. The summed E-state index contributed by atoms with van der Waals surface area (Å²) in [6.07, 6.45) is 3.96. The molecule has 1 amide bonds. The van der Waals surface area contributed by atoms with E-state index in [-0.39, 0.29) is 18.6 Å². The zero-order valence-corrected chi connectivity index (χ0v) is 12.7. The van der Waals surface area contributed by atoms with Crippen molar-refractivity contribution in [3.63, 3.8) is 0 Å². The highest BCUT2D eigenvalue weighted by Gasteiger charge is 2.33. The van der Waals surface area contributed by atoms with Crippen molar-refractivity contribution in [2.75, 3.05) is 13.2 Å². The molecule has 0 bridgehead atoms. The van der Waals surface area contributed by atoms with Gasteiger partial charge in [0.15, 0.2) is 6.10 Å². The first-order valence-corrected chi connectivity index (χ1v) is 7.89. The Kier molecular flexibility index (Phi) is 6.05. The minimum Gasteiger partial charge on any atom is -0.481 e. The molecule has 1 aliphatic heterocycles. The van der Waals surface area contributed by atoms with Gasteiger partial charge in [-0.25, -0.2) is 0 Å². The highest BCUT2D eigenvalue weighted by Crippen LogP contribution is 2.24. The molecule has 1 aromatic carbocycles. The van der Waals surface area contributed by atoms with Crippen LogP contribution in [-0.4, -0.2) is 41.2 Å². The fraction of sp³-hybridized carbons (Fsp3) is 0.588. The van der Waals surface area contributed by atoms with Gasteiger partial charge < -0.3 is 14.7 Å². The van der Waals surface area contributed by atoms with Crippen molar-refractivity contribution in [1.29, 1.82) is 0 Å². The summed E-state index contributed by atoms with van der Waals surface area (Å²) in [6, 6.07) is 9.77. The number of amides is 1. The van der Waals surface area contributed by atoms with Crippen LogP contribution < -0.4 is 4.74 Å². The number of nitrogens with zero attached hydrogens (tertiary/aromatic N) is 1. The molecule has 21 heavy (non-hydrogen) atoms. The smallest absolute Gasteiger partial charge is 0.263 e. The van der Waals surface area contributed by atoms with Crippen molar-refractivity contribution in [2.24, 2.45) is 0 Å². The molecule has 0 radical (unpaired) electrons. The summed E-state index contributed by atoms with van der Waals surface area (Å²) in [7, 11) is 0. The molecule has 116 valence electrons. The Balaban J connectivity index is 1.98. The molecule has 1 fully saturated rings. The Morgan fingerprint density at radius 2 is 2.19 bits per heavy atom. The number of aliphatic hydroxyl groups excluding tert-OH is 1. The first-order chi connectivity index (χ1) is 10.3. The predicted octanol–water partition coefficient (Wildman–Crippen LogP) is 2.61. The van der Waals surface area contributed by atoms with E-state index in [0.29, 0.717) is 6.42 Å². The van der Waals surface area contributed by atoms with E-state index in [1.54, 1.807) is 0 Å². The third-order valence-electron chi connectivity index (χ3n) is 4.02. The predicted molar refractivity (Wildman–Crippen MR) is 82.2 cm³/mol. The minimum atomic E-state index is -0.415. The molecule has 2 unspecified atom stereocenters. The van der Waals surface area contributed by atoms with E-state index in [0.717, 1.165) is 38.0 Å². The molecule has 0 saturated carbocycles. The van der Waals surface area contributed by atoms with Crippen LogP contribution in [0.3, 0.4) is 0 Å². The van der Waals surface area contributed by atoms with E-state index in [9.17, 15) is 4.79 Å². The molecular weight excluding hydrogens is 266 g/mol. The van der Waals surface area contributed by atoms with Gasteiger partial charge in [-0.05, 0) is 44.2 Å². The average Bonchev–Trinajstić information content (AvgIpc) is 2.99. The monoisotopic (exact) mass is 291 g/mol. The van der Waals surface area contributed by atoms with Gasteiger partial charge in [-0.3, -0.25) is 4.79 Å². The van der Waals surface area contributed by atoms with Crippen molar-refractivity contribution in [3.8, 4) is 5.75 Å². The van der Waals surface area contributed by atoms with Crippen LogP contribution in [0.25, 0.3) is 0 Å². The van der Waals surface area contributed by atoms with Crippen molar-refractivity contribution in [1.82, 2.24) is 4.90 Å². The first-order valence-electron chi connectivity index (χ1n) is 7.89. The normalized spacial score (nSPS) is 19.5. The summed E-state index contributed by atoms with van der Waals surface area (Å²) in [4.78, 5) is 14.6. The van der Waals surface area contributed by atoms with Gasteiger partial charge in [0.2, 0.25) is 0 Å². The number of carbonyl (C=O) groups is 1. The van der Waals surface area contributed by atoms with Crippen LogP contribution >= 0.6 is 0 Å². The summed E-state index contributed by atoms with van der Waals surface area (Å²) in [5.41, 5.74) is 0. The van der Waals surface area contributed by atoms with Crippen LogP contribution in [-0.2, 0) is 4.79 Å². The SMILES string of the molecule is CCC(Oc1ccccc1)C(=O)N1CCCC1CCCO. The molecular formula is C17H25NO3. The summed E-state index contributed by atoms with van der Waals surface area (Å²) < 4.78 is 5.85. The van der Waals surface area contributed by atoms with Crippen LogP contribution in [0, 0.1) is 0 Å². The number of hydrogen-bond acceptors (Lipinski definition) is 3. The van der Waals surface area contributed by atoms with Gasteiger partial charge in [-0.15, -0.1) is 0 Å². The standard InChI is InChI=1S/C17H25NO3/c1-2-16(21-15-10-4-3-5-11-15)17(20)18-12-6-8-14(18)9-7-13-19/h3-5,10-11,14,16,19H,2,6-9,12-13H2,1H3. The number of benzene rings is 1. The third kappa shape index (κ3) is 4.21. The van der Waals surface area contributed by atoms with Gasteiger partial charge in [0, 0.05) is 19.2 Å². The van der Waals surface area contributed by atoms with Gasteiger partial charge in [0.05, 0.1) is 0 Å². The topological polar surface area (TPSA) is 49.8 Å². The lowest BCUT2D eigenvalue weighted by Crippen LogP contribution is -2.44. The fourth-order valence-corrected chi connectivity index (χ4v) is 2.91. The fourth-order valence-electron chi connectivity index (χ4n) is 2.91. The van der Waals surface area contributed by atoms with Gasteiger partial charge in [0.25, 0.3) is 5.91 Å². The molecule has 1 aliphatic rings. The number of ether oxygens (including phenoxy) is 1. The molecule has 1 saturated heterocycles. The van der Waals surface area contributed by atoms with E-state index in [4.69, 9.17) is 9.84 Å². The van der Waals surface area contributed by atoms with Gasteiger partial charge in [-0.2, -0.15) is 0 Å². The van der Waals surface area contributed by atoms with Crippen LogP contribution in [0.15, 0.2) is 30.3 Å². The zero-order chi connectivity index (χ0) is 15.1. The van der Waals surface area contributed by atoms with Crippen molar-refractivity contribution >= 4 is 5.91 Å². The van der Waals surface area contributed by atoms with Crippen molar-refractivity contribution in [2.45, 2.75) is 51.2 Å². The molecule has 1 aromatic rings. The lowest BCUT2D eigenvalue weighted by atomic mass is 10.1. The number of carbonyl (C=O) groups excluding carboxylic acids is 1. The Labute approximate surface area is 126 Å². The summed E-state index contributed by atoms with van der Waals surface area (Å²) in [5.74, 6) is 0.825. The van der Waals surface area contributed by atoms with E-state index in [2.05, 4.69) is 0 Å². The number of rotatable bonds is 7. The molecule has 0 aromatic heterocycles. The number of likely N-dealkylation sites (tertiary alicyclic amines) is 1. The maximum Gasteiger partial charge on any atom is 0.263 e. The summed E-state index contributed by atoms with van der Waals surface area (Å²) in [5, 5.41) is 8.97. The third-order valence-corrected chi connectivity index (χ3v) is 4.02. The van der Waals surface area contributed by atoms with Crippen LogP contribution in [0.4, 0.5) is 0 Å². The van der Waals surface area contributed by atoms with Crippen LogP contribution in [0.1, 0.15) is 39.0 Å². The van der Waals surface area contributed by atoms with Gasteiger partial charge in [-0.1, -0.05) is 25.1 Å². The van der Waals surface area contributed by atoms with E-state index >= 15 is 0 Å². The van der Waals surface area contributed by atoms with E-state index in [1.165, 1.54) is 0 Å². The molecule has 0 aliphatic carbocycles. The second-order valence-corrected chi connectivity index (χ2v) is 5.52. The Hall–Kier alpha value is -1.55. The lowest BCUT2D eigenvalue weighted by molar-refractivity contribution is -0.139. The Bertz CT molecular complexity index is 435. The van der Waals surface area contributed by atoms with E-state index < -0.39 is 6.10 Å². The molecule has 1 N–H and O–H groups in total. The quantitative estimate of drug-likeness (QED) is 0.840. The summed E-state index contributed by atoms with van der Waals surface area (Å²) in [6.45, 7) is 2.98. The minimum absolute atomic E-state index is 0.0850. The first kappa shape index (κ1) is 15.8. The molecule has 2 rings (SSSR count). The van der Waals surface area contributed by atoms with Gasteiger partial charge >= 0.3 is 0 Å². The summed E-state index contributed by atoms with van der Waals surface area (Å²) >= 11 is 0. The largest absolute Gasteiger partial charge is 0.481 e. The highest BCUT2D eigenvalue weighted by molar-refractivity contribution is 5.81. The van der Waals surface area contributed by atoms with Crippen molar-refractivity contribution < 1.29 is 14.6 Å². The average molecular weight is 291 g/mol. The molecule has 4 heteroatoms. The van der Waals surface area contributed by atoms with Crippen LogP contribution in [0.2, 0.25) is 0 Å². The number of aliphatic hydroxyl groups is 1. The second-order valence-electron chi connectivity index (χ2n) is 5.52. The Morgan fingerprint density at radius 3 is 2.86 bits per heavy atom. The molecule has 0 spiro atoms. The second kappa shape index (κ2) is 8.03.